The number of hydrogen-bond donors (Lipinski definition) is 0. The highest BCUT2D eigenvalue weighted by Gasteiger charge is 2.19. The maximum absolute atomic E-state index is 11.7. The molecule has 1 aliphatic heterocycles. The fraction of sp³-hybridized carbons (Fsp3) is 0.692. The maximum Gasteiger partial charge on any atom is 0.222 e. The molecule has 0 atom stereocenters. The van der Waals surface area contributed by atoms with Gasteiger partial charge in [0, 0.05) is 46.2 Å². The van der Waals surface area contributed by atoms with Gasteiger partial charge in [-0.05, 0) is 6.42 Å². The lowest BCUT2D eigenvalue weighted by Crippen LogP contribution is -2.34. The minimum atomic E-state index is 0.250. The van der Waals surface area contributed by atoms with Crippen molar-refractivity contribution >= 4 is 17.5 Å². The molecule has 0 aliphatic carbocycles. The Kier molecular flexibility index (Phi) is 4.82. The van der Waals surface area contributed by atoms with Crippen LogP contribution >= 0.6 is 11.6 Å². The zero-order valence-electron chi connectivity index (χ0n) is 11.6. The number of hydrogen-bond acceptors (Lipinski definition) is 3. The van der Waals surface area contributed by atoms with Crippen molar-refractivity contribution in [2.24, 2.45) is 7.05 Å². The van der Waals surface area contributed by atoms with E-state index >= 15 is 0 Å². The summed E-state index contributed by atoms with van der Waals surface area (Å²) in [6.07, 6.45) is 3.29. The van der Waals surface area contributed by atoms with Crippen LogP contribution in [0.3, 0.4) is 0 Å². The van der Waals surface area contributed by atoms with Crippen LogP contribution in [0.2, 0.25) is 5.02 Å². The number of carbonyl (C=O) groups is 1. The van der Waals surface area contributed by atoms with E-state index in [9.17, 15) is 4.79 Å². The topological polar surface area (TPSA) is 41.4 Å². The third-order valence-electron chi connectivity index (χ3n) is 3.63. The van der Waals surface area contributed by atoms with Crippen molar-refractivity contribution in [2.45, 2.75) is 26.3 Å². The van der Waals surface area contributed by atoms with Gasteiger partial charge in [0.25, 0.3) is 0 Å². The molecule has 0 N–H and O–H groups in total. The van der Waals surface area contributed by atoms with Gasteiger partial charge in [-0.25, -0.2) is 0 Å². The highest BCUT2D eigenvalue weighted by Crippen LogP contribution is 2.17. The van der Waals surface area contributed by atoms with Crippen molar-refractivity contribution in [3.8, 4) is 0 Å². The summed E-state index contributed by atoms with van der Waals surface area (Å²) in [5.74, 6) is 0.250. The lowest BCUT2D eigenvalue weighted by atomic mass is 10.3. The molecular formula is C13H21ClN4O. The summed E-state index contributed by atoms with van der Waals surface area (Å²) in [5.41, 5.74) is 1.04. The van der Waals surface area contributed by atoms with Crippen molar-refractivity contribution in [1.29, 1.82) is 0 Å². The first-order chi connectivity index (χ1) is 9.11. The number of carbonyl (C=O) groups excluding carboxylic acids is 1. The smallest absolute Gasteiger partial charge is 0.222 e. The van der Waals surface area contributed by atoms with Gasteiger partial charge >= 0.3 is 0 Å². The molecule has 6 heteroatoms. The molecule has 1 aromatic rings. The number of aryl methyl sites for hydroxylation is 1. The molecule has 1 fully saturated rings. The van der Waals surface area contributed by atoms with E-state index in [0.717, 1.165) is 44.8 Å². The second-order valence-corrected chi connectivity index (χ2v) is 5.33. The third kappa shape index (κ3) is 3.48. The molecule has 5 nitrogen and oxygen atoms in total. The first kappa shape index (κ1) is 14.3. The van der Waals surface area contributed by atoms with Crippen LogP contribution in [-0.4, -0.2) is 51.7 Å². The molecule has 1 amide bonds. The van der Waals surface area contributed by atoms with E-state index in [-0.39, 0.29) is 5.91 Å². The Hall–Kier alpha value is -1.07. The SMILES string of the molecule is CCC(=O)N1CCCN(Cc2c(Cl)cnn2C)CC1. The number of amides is 1. The highest BCUT2D eigenvalue weighted by molar-refractivity contribution is 6.31. The van der Waals surface area contributed by atoms with Crippen molar-refractivity contribution in [2.75, 3.05) is 26.2 Å². The Morgan fingerprint density at radius 1 is 1.37 bits per heavy atom. The van der Waals surface area contributed by atoms with E-state index in [4.69, 9.17) is 11.6 Å². The molecule has 106 valence electrons. The molecule has 0 spiro atoms. The van der Waals surface area contributed by atoms with Crippen molar-refractivity contribution in [3.63, 3.8) is 0 Å². The molecule has 0 radical (unpaired) electrons. The van der Waals surface area contributed by atoms with Gasteiger partial charge in [-0.1, -0.05) is 18.5 Å². The Labute approximate surface area is 119 Å². The summed E-state index contributed by atoms with van der Waals surface area (Å²) in [6.45, 7) is 6.27. The summed E-state index contributed by atoms with van der Waals surface area (Å²) < 4.78 is 1.82. The molecule has 2 heterocycles. The lowest BCUT2D eigenvalue weighted by molar-refractivity contribution is -0.130. The average molecular weight is 285 g/mol. The Bertz CT molecular complexity index is 426. The van der Waals surface area contributed by atoms with Crippen molar-refractivity contribution < 1.29 is 4.79 Å². The Morgan fingerprint density at radius 3 is 2.79 bits per heavy atom. The van der Waals surface area contributed by atoms with Crippen molar-refractivity contribution in [3.05, 3.63) is 16.9 Å². The summed E-state index contributed by atoms with van der Waals surface area (Å²) in [6, 6.07) is 0. The number of rotatable bonds is 3. The lowest BCUT2D eigenvalue weighted by Gasteiger charge is -2.21. The van der Waals surface area contributed by atoms with E-state index in [1.807, 2.05) is 23.6 Å². The molecule has 1 aliphatic rings. The van der Waals surface area contributed by atoms with E-state index in [2.05, 4.69) is 10.00 Å². The second kappa shape index (κ2) is 6.39. The van der Waals surface area contributed by atoms with Gasteiger partial charge in [0.2, 0.25) is 5.91 Å². The molecule has 0 unspecified atom stereocenters. The minimum absolute atomic E-state index is 0.250. The van der Waals surface area contributed by atoms with Gasteiger partial charge in [0.05, 0.1) is 16.9 Å². The Morgan fingerprint density at radius 2 is 2.16 bits per heavy atom. The summed E-state index contributed by atoms with van der Waals surface area (Å²) >= 11 is 6.13. The highest BCUT2D eigenvalue weighted by atomic mass is 35.5. The predicted octanol–water partition coefficient (Wildman–Crippen LogP) is 1.52. The normalized spacial score (nSPS) is 17.5. The predicted molar refractivity (Wildman–Crippen MR) is 75.0 cm³/mol. The van der Waals surface area contributed by atoms with E-state index < -0.39 is 0 Å². The largest absolute Gasteiger partial charge is 0.341 e. The minimum Gasteiger partial charge on any atom is -0.341 e. The second-order valence-electron chi connectivity index (χ2n) is 4.93. The monoisotopic (exact) mass is 284 g/mol. The third-order valence-corrected chi connectivity index (χ3v) is 3.94. The maximum atomic E-state index is 11.7. The van der Waals surface area contributed by atoms with Crippen LogP contribution in [0.15, 0.2) is 6.20 Å². The zero-order chi connectivity index (χ0) is 13.8. The molecule has 0 saturated carbocycles. The summed E-state index contributed by atoms with van der Waals surface area (Å²) in [7, 11) is 1.91. The average Bonchev–Trinajstić information content (AvgIpc) is 2.62. The standard InChI is InChI=1S/C13H21ClN4O/c1-3-13(19)18-6-4-5-17(7-8-18)10-12-11(14)9-15-16(12)2/h9H,3-8,10H2,1-2H3. The van der Waals surface area contributed by atoms with Crippen LogP contribution in [0.5, 0.6) is 0 Å². The van der Waals surface area contributed by atoms with E-state index in [1.165, 1.54) is 0 Å². The van der Waals surface area contributed by atoms with Gasteiger partial charge in [0.15, 0.2) is 0 Å². The van der Waals surface area contributed by atoms with Crippen LogP contribution in [0, 0.1) is 0 Å². The fourth-order valence-electron chi connectivity index (χ4n) is 2.43. The van der Waals surface area contributed by atoms with Gasteiger partial charge in [-0.3, -0.25) is 14.4 Å². The van der Waals surface area contributed by atoms with Crippen molar-refractivity contribution in [1.82, 2.24) is 19.6 Å². The van der Waals surface area contributed by atoms with Gasteiger partial charge < -0.3 is 4.90 Å². The molecular weight excluding hydrogens is 264 g/mol. The number of halogens is 1. The summed E-state index contributed by atoms with van der Waals surface area (Å²) in [5, 5.41) is 4.87. The fourth-order valence-corrected chi connectivity index (χ4v) is 2.65. The Balaban J connectivity index is 1.95. The van der Waals surface area contributed by atoms with Gasteiger partial charge in [0.1, 0.15) is 0 Å². The molecule has 1 aromatic heterocycles. The van der Waals surface area contributed by atoms with Crippen LogP contribution < -0.4 is 0 Å². The number of aromatic nitrogens is 2. The molecule has 0 aromatic carbocycles. The molecule has 1 saturated heterocycles. The van der Waals surface area contributed by atoms with Gasteiger partial charge in [-0.2, -0.15) is 5.10 Å². The van der Waals surface area contributed by atoms with Crippen LogP contribution in [-0.2, 0) is 18.4 Å². The zero-order valence-corrected chi connectivity index (χ0v) is 12.4. The first-order valence-electron chi connectivity index (χ1n) is 6.78. The van der Waals surface area contributed by atoms with Crippen LogP contribution in [0.25, 0.3) is 0 Å². The molecule has 19 heavy (non-hydrogen) atoms. The van der Waals surface area contributed by atoms with E-state index in [1.54, 1.807) is 6.20 Å². The number of nitrogens with zero attached hydrogens (tertiary/aromatic N) is 4. The van der Waals surface area contributed by atoms with E-state index in [0.29, 0.717) is 11.4 Å². The van der Waals surface area contributed by atoms with Gasteiger partial charge in [-0.15, -0.1) is 0 Å². The molecule has 0 bridgehead atoms. The van der Waals surface area contributed by atoms with Crippen LogP contribution in [0.4, 0.5) is 0 Å². The first-order valence-corrected chi connectivity index (χ1v) is 7.16. The van der Waals surface area contributed by atoms with Crippen LogP contribution in [0.1, 0.15) is 25.5 Å². The molecule has 2 rings (SSSR count). The summed E-state index contributed by atoms with van der Waals surface area (Å²) in [4.78, 5) is 16.0. The quantitative estimate of drug-likeness (QED) is 0.845.